The molecule has 18 heavy (non-hydrogen) atoms. The summed E-state index contributed by atoms with van der Waals surface area (Å²) >= 11 is 0. The summed E-state index contributed by atoms with van der Waals surface area (Å²) in [6, 6.07) is 2.93. The molecule has 0 bridgehead atoms. The summed E-state index contributed by atoms with van der Waals surface area (Å²) in [6.07, 6.45) is 3.64. The van der Waals surface area contributed by atoms with Crippen molar-refractivity contribution in [2.24, 2.45) is 13.0 Å². The van der Waals surface area contributed by atoms with Crippen molar-refractivity contribution in [3.05, 3.63) is 11.3 Å². The Morgan fingerprint density at radius 1 is 1.50 bits per heavy atom. The molecule has 1 aliphatic carbocycles. The van der Waals surface area contributed by atoms with Gasteiger partial charge in [-0.25, -0.2) is 0 Å². The Balaban J connectivity index is 2.28. The van der Waals surface area contributed by atoms with Gasteiger partial charge < -0.3 is 4.90 Å². The van der Waals surface area contributed by atoms with E-state index in [0.29, 0.717) is 12.0 Å². The molecule has 0 aromatic carbocycles. The molecule has 1 fully saturated rings. The van der Waals surface area contributed by atoms with Crippen LogP contribution in [0.1, 0.15) is 44.4 Å². The highest BCUT2D eigenvalue weighted by Gasteiger charge is 2.32. The van der Waals surface area contributed by atoms with Gasteiger partial charge in [-0.3, -0.25) is 4.68 Å². The Labute approximate surface area is 109 Å². The minimum atomic E-state index is 0.616. The van der Waals surface area contributed by atoms with Crippen LogP contribution in [0.5, 0.6) is 0 Å². The molecule has 0 aliphatic heterocycles. The first-order valence-corrected chi connectivity index (χ1v) is 6.75. The molecule has 0 spiro atoms. The third kappa shape index (κ3) is 2.50. The van der Waals surface area contributed by atoms with Crippen molar-refractivity contribution in [2.75, 3.05) is 11.4 Å². The fraction of sp³-hybridized carbons (Fsp3) is 0.714. The third-order valence-corrected chi connectivity index (χ3v) is 3.51. The zero-order valence-corrected chi connectivity index (χ0v) is 11.8. The standard InChI is InChI=1S/C14H22N4/c1-10(2)7-8-18(12-5-6-12)14-13(9-15)11(3)16-17(14)4/h10,12H,5-8H2,1-4H3. The van der Waals surface area contributed by atoms with E-state index in [9.17, 15) is 5.26 Å². The summed E-state index contributed by atoms with van der Waals surface area (Å²) < 4.78 is 1.87. The lowest BCUT2D eigenvalue weighted by Crippen LogP contribution is -2.30. The second-order valence-electron chi connectivity index (χ2n) is 5.63. The van der Waals surface area contributed by atoms with Crippen molar-refractivity contribution in [1.29, 1.82) is 5.26 Å². The van der Waals surface area contributed by atoms with Gasteiger partial charge in [0.05, 0.1) is 5.69 Å². The van der Waals surface area contributed by atoms with E-state index < -0.39 is 0 Å². The van der Waals surface area contributed by atoms with Crippen LogP contribution in [0.2, 0.25) is 0 Å². The molecule has 0 unspecified atom stereocenters. The first-order chi connectivity index (χ1) is 8.54. The number of hydrogen-bond donors (Lipinski definition) is 0. The molecule has 4 heteroatoms. The highest BCUT2D eigenvalue weighted by Crippen LogP contribution is 2.34. The molecule has 1 aliphatic rings. The van der Waals surface area contributed by atoms with Gasteiger partial charge in [-0.05, 0) is 32.1 Å². The molecule has 0 N–H and O–H groups in total. The number of nitriles is 1. The van der Waals surface area contributed by atoms with Crippen LogP contribution < -0.4 is 4.90 Å². The summed E-state index contributed by atoms with van der Waals surface area (Å²) in [5, 5.41) is 13.7. The Morgan fingerprint density at radius 2 is 2.17 bits per heavy atom. The normalized spacial score (nSPS) is 14.9. The van der Waals surface area contributed by atoms with Crippen molar-refractivity contribution in [3.63, 3.8) is 0 Å². The molecule has 4 nitrogen and oxygen atoms in total. The van der Waals surface area contributed by atoms with Gasteiger partial charge in [0.1, 0.15) is 17.5 Å². The lowest BCUT2D eigenvalue weighted by Gasteiger charge is -2.25. The smallest absolute Gasteiger partial charge is 0.145 e. The highest BCUT2D eigenvalue weighted by atomic mass is 15.4. The van der Waals surface area contributed by atoms with Crippen LogP contribution in [0.15, 0.2) is 0 Å². The van der Waals surface area contributed by atoms with Gasteiger partial charge in [0.2, 0.25) is 0 Å². The second-order valence-corrected chi connectivity index (χ2v) is 5.63. The van der Waals surface area contributed by atoms with Crippen LogP contribution in [0.25, 0.3) is 0 Å². The number of aromatic nitrogens is 2. The molecule has 2 rings (SSSR count). The molecule has 0 radical (unpaired) electrons. The minimum absolute atomic E-state index is 0.616. The fourth-order valence-electron chi connectivity index (χ4n) is 2.35. The van der Waals surface area contributed by atoms with Crippen LogP contribution in [-0.2, 0) is 7.05 Å². The predicted octanol–water partition coefficient (Wildman–Crippen LogP) is 2.62. The Bertz CT molecular complexity index is 463. The van der Waals surface area contributed by atoms with Gasteiger partial charge in [0.25, 0.3) is 0 Å². The monoisotopic (exact) mass is 246 g/mol. The van der Waals surface area contributed by atoms with Crippen molar-refractivity contribution in [3.8, 4) is 6.07 Å². The maximum atomic E-state index is 9.31. The van der Waals surface area contributed by atoms with Crippen LogP contribution >= 0.6 is 0 Å². The quantitative estimate of drug-likeness (QED) is 0.802. The van der Waals surface area contributed by atoms with Crippen LogP contribution in [0.3, 0.4) is 0 Å². The van der Waals surface area contributed by atoms with Crippen molar-refractivity contribution < 1.29 is 0 Å². The second kappa shape index (κ2) is 5.01. The molecule has 0 saturated heterocycles. The largest absolute Gasteiger partial charge is 0.353 e. The first kappa shape index (κ1) is 12.9. The number of hydrogen-bond acceptors (Lipinski definition) is 3. The van der Waals surface area contributed by atoms with Crippen LogP contribution in [0, 0.1) is 24.2 Å². The van der Waals surface area contributed by atoms with E-state index >= 15 is 0 Å². The Hall–Kier alpha value is -1.50. The summed E-state index contributed by atoms with van der Waals surface area (Å²) in [7, 11) is 1.94. The summed E-state index contributed by atoms with van der Waals surface area (Å²) in [6.45, 7) is 7.42. The lowest BCUT2D eigenvalue weighted by molar-refractivity contribution is 0.561. The molecular formula is C14H22N4. The molecule has 0 amide bonds. The molecular weight excluding hydrogens is 224 g/mol. The molecule has 1 aromatic rings. The van der Waals surface area contributed by atoms with Gasteiger partial charge in [0, 0.05) is 19.6 Å². The summed E-state index contributed by atoms with van der Waals surface area (Å²) in [4.78, 5) is 2.39. The lowest BCUT2D eigenvalue weighted by atomic mass is 10.1. The van der Waals surface area contributed by atoms with E-state index in [2.05, 4.69) is 29.9 Å². The van der Waals surface area contributed by atoms with E-state index in [1.165, 1.54) is 12.8 Å². The van der Waals surface area contributed by atoms with Gasteiger partial charge in [0.15, 0.2) is 0 Å². The van der Waals surface area contributed by atoms with Gasteiger partial charge >= 0.3 is 0 Å². The molecule has 1 aromatic heterocycles. The zero-order valence-electron chi connectivity index (χ0n) is 11.8. The molecule has 1 heterocycles. The van der Waals surface area contributed by atoms with E-state index in [-0.39, 0.29) is 0 Å². The predicted molar refractivity (Wildman–Crippen MR) is 72.5 cm³/mol. The van der Waals surface area contributed by atoms with Gasteiger partial charge in [-0.2, -0.15) is 10.4 Å². The van der Waals surface area contributed by atoms with Gasteiger partial charge in [-0.1, -0.05) is 13.8 Å². The number of nitrogens with zero attached hydrogens (tertiary/aromatic N) is 4. The van der Waals surface area contributed by atoms with E-state index in [0.717, 1.165) is 30.0 Å². The number of anilines is 1. The highest BCUT2D eigenvalue weighted by molar-refractivity contribution is 5.58. The molecule has 1 saturated carbocycles. The van der Waals surface area contributed by atoms with Gasteiger partial charge in [-0.15, -0.1) is 0 Å². The summed E-state index contributed by atoms with van der Waals surface area (Å²) in [5.74, 6) is 1.70. The van der Waals surface area contributed by atoms with Crippen molar-refractivity contribution in [2.45, 2.75) is 46.1 Å². The average Bonchev–Trinajstić information content (AvgIpc) is 3.07. The van der Waals surface area contributed by atoms with Crippen molar-refractivity contribution in [1.82, 2.24) is 9.78 Å². The summed E-state index contributed by atoms with van der Waals surface area (Å²) in [5.41, 5.74) is 1.58. The Morgan fingerprint density at radius 3 is 2.67 bits per heavy atom. The van der Waals surface area contributed by atoms with Crippen LogP contribution in [0.4, 0.5) is 5.82 Å². The maximum absolute atomic E-state index is 9.31. The average molecular weight is 246 g/mol. The third-order valence-electron chi connectivity index (χ3n) is 3.51. The van der Waals surface area contributed by atoms with Crippen LogP contribution in [-0.4, -0.2) is 22.4 Å². The van der Waals surface area contributed by atoms with E-state index in [4.69, 9.17) is 0 Å². The minimum Gasteiger partial charge on any atom is -0.353 e. The van der Waals surface area contributed by atoms with E-state index in [1.54, 1.807) is 0 Å². The number of rotatable bonds is 5. The van der Waals surface area contributed by atoms with E-state index in [1.807, 2.05) is 18.7 Å². The first-order valence-electron chi connectivity index (χ1n) is 6.75. The molecule has 0 atom stereocenters. The zero-order chi connectivity index (χ0) is 13.3. The Kier molecular flexibility index (Phi) is 3.60. The SMILES string of the molecule is Cc1nn(C)c(N(CCC(C)C)C2CC2)c1C#N. The number of aryl methyl sites for hydroxylation is 2. The molecule has 98 valence electrons. The fourth-order valence-corrected chi connectivity index (χ4v) is 2.35. The maximum Gasteiger partial charge on any atom is 0.145 e. The van der Waals surface area contributed by atoms with Crippen molar-refractivity contribution >= 4 is 5.82 Å². The topological polar surface area (TPSA) is 44.9 Å².